The molecule has 0 fully saturated rings. The number of benzene rings is 8. The van der Waals surface area contributed by atoms with Crippen LogP contribution >= 0.6 is 45.3 Å². The van der Waals surface area contributed by atoms with Crippen LogP contribution in [0, 0.1) is 55.4 Å². The number of halogens is 4. The van der Waals surface area contributed by atoms with Crippen LogP contribution in [-0.4, -0.2) is 19.9 Å². The van der Waals surface area contributed by atoms with Crippen molar-refractivity contribution in [3.05, 3.63) is 261 Å². The fraction of sp³-hybridized carbons (Fsp3) is 0.118. The number of aryl methyl sites for hydroxylation is 8. The third-order valence-electron chi connectivity index (χ3n) is 13.4. The van der Waals surface area contributed by atoms with Gasteiger partial charge in [0.15, 0.2) is 0 Å². The zero-order chi connectivity index (χ0) is 55.8. The molecule has 0 atom stereocenters. The van der Waals surface area contributed by atoms with Crippen LogP contribution in [0.4, 0.5) is 45.5 Å². The van der Waals surface area contributed by atoms with Gasteiger partial charge in [-0.15, -0.1) is 45.3 Å². The van der Waals surface area contributed by atoms with Gasteiger partial charge in [-0.1, -0.05) is 121 Å². The minimum absolute atomic E-state index is 0. The maximum absolute atomic E-state index is 4.68. The lowest BCUT2D eigenvalue weighted by Crippen LogP contribution is -3.00. The van der Waals surface area contributed by atoms with Crippen LogP contribution in [0.5, 0.6) is 0 Å². The number of nitrogens with zero attached hydrogens (tertiary/aromatic N) is 4. The van der Waals surface area contributed by atoms with Crippen molar-refractivity contribution in [2.45, 2.75) is 55.4 Å². The summed E-state index contributed by atoms with van der Waals surface area (Å²) in [4.78, 5) is 23.9. The zero-order valence-corrected chi connectivity index (χ0v) is 57.6. The third-order valence-corrected chi connectivity index (χ3v) is 17.8. The van der Waals surface area contributed by atoms with Crippen LogP contribution in [0.15, 0.2) is 218 Å². The first-order valence-electron chi connectivity index (χ1n) is 26.7. The molecular weight excluding hydrogens is 1380 g/mol. The number of hydrogen-bond donors (Lipinski definition) is 4. The monoisotopic (exact) mass is 1440 g/mol. The first-order valence-corrected chi connectivity index (χ1v) is 29.9. The molecule has 12 rings (SSSR count). The zero-order valence-electron chi connectivity index (χ0n) is 48.0. The maximum Gasteiger partial charge on any atom is 0.144 e. The molecule has 16 heteroatoms. The molecule has 0 aliphatic rings. The van der Waals surface area contributed by atoms with E-state index in [1.165, 1.54) is 87.3 Å². The molecule has 4 aromatic heterocycles. The van der Waals surface area contributed by atoms with Crippen molar-refractivity contribution in [2.24, 2.45) is 0 Å². The molecule has 12 aromatic rings. The van der Waals surface area contributed by atoms with E-state index in [9.17, 15) is 0 Å². The number of hydrogen-bond acceptors (Lipinski definition) is 8. The number of rotatable bonds is 12. The summed E-state index contributed by atoms with van der Waals surface area (Å²) in [5.41, 5.74) is 19.0. The van der Waals surface area contributed by atoms with Crippen LogP contribution < -0.4 is 89.2 Å². The Morgan fingerprint density at radius 2 is 0.393 bits per heavy atom. The molecule has 0 unspecified atom stereocenters. The van der Waals surface area contributed by atoms with Gasteiger partial charge in [0.1, 0.15) is 65.5 Å². The van der Waals surface area contributed by atoms with Crippen LogP contribution in [0.3, 0.4) is 0 Å². The second-order valence-corrected chi connectivity index (χ2v) is 24.0. The molecule has 0 saturated heterocycles. The Hall–Kier alpha value is -5.96. The summed E-state index contributed by atoms with van der Waals surface area (Å²) in [6.45, 7) is 16.8. The standard InChI is InChI=1S/4C17H16N2S.4BrH/c4*1-12-13(2)20-17(18-12)15-10-6-7-11-16(15)19-14-8-4-3-5-9-14;;;;/h4*3-11,19H,1-2H3;4*1H. The molecule has 8 aromatic carbocycles. The van der Waals surface area contributed by atoms with Crippen LogP contribution in [0.1, 0.15) is 42.3 Å². The van der Waals surface area contributed by atoms with Crippen LogP contribution in [0.25, 0.3) is 42.3 Å². The molecule has 8 nitrogen and oxygen atoms in total. The Kier molecular flexibility index (Phi) is 28.1. The Balaban J connectivity index is 0.000000202. The number of quaternary nitrogens is 4. The SMILES string of the molecule is Cc1nc(-c2ccccc2[NH2+]c2ccccc2)sc1C.Cc1nc(-c2ccccc2[NH2+]c2ccccc2)sc1C.Cc1nc(-c2ccccc2[NH2+]c2ccccc2)sc1C.Cc1nc(-c2ccccc2[NH2+]c2ccccc2)sc1C.[Br-].[Br-].[Br-].[Br-]. The maximum atomic E-state index is 4.68. The average Bonchev–Trinajstić information content (AvgIpc) is 4.32. The summed E-state index contributed by atoms with van der Waals surface area (Å²) in [5.74, 6) is 0. The molecule has 0 radical (unpaired) electrons. The van der Waals surface area contributed by atoms with E-state index >= 15 is 0 Å². The van der Waals surface area contributed by atoms with Gasteiger partial charge >= 0.3 is 0 Å². The van der Waals surface area contributed by atoms with Crippen molar-refractivity contribution >= 4 is 90.8 Å². The van der Waals surface area contributed by atoms with Crippen LogP contribution in [-0.2, 0) is 0 Å². The molecule has 0 aliphatic heterocycles. The van der Waals surface area contributed by atoms with Crippen molar-refractivity contribution in [2.75, 3.05) is 0 Å². The molecule has 0 saturated carbocycles. The fourth-order valence-electron chi connectivity index (χ4n) is 8.54. The van der Waals surface area contributed by atoms with Gasteiger partial charge in [-0.2, -0.15) is 0 Å². The highest BCUT2D eigenvalue weighted by atomic mass is 79.9. The van der Waals surface area contributed by atoms with E-state index in [1.807, 2.05) is 24.3 Å². The van der Waals surface area contributed by atoms with Gasteiger partial charge in [0.05, 0.1) is 45.0 Å². The third kappa shape index (κ3) is 19.0. The van der Waals surface area contributed by atoms with Gasteiger partial charge in [-0.3, -0.25) is 21.3 Å². The predicted molar refractivity (Wildman–Crippen MR) is 339 cm³/mol. The topological polar surface area (TPSA) is 118 Å². The minimum atomic E-state index is 0. The van der Waals surface area contributed by atoms with Crippen molar-refractivity contribution in [3.8, 4) is 42.3 Å². The largest absolute Gasteiger partial charge is 1.00 e. The van der Waals surface area contributed by atoms with Crippen molar-refractivity contribution in [1.82, 2.24) is 19.9 Å². The van der Waals surface area contributed by atoms with E-state index in [4.69, 9.17) is 0 Å². The Morgan fingerprint density at radius 3 is 0.560 bits per heavy atom. The quantitative estimate of drug-likeness (QED) is 0.139. The summed E-state index contributed by atoms with van der Waals surface area (Å²) >= 11 is 7.04. The lowest BCUT2D eigenvalue weighted by molar-refractivity contribution is -0.478. The molecule has 84 heavy (non-hydrogen) atoms. The van der Waals surface area contributed by atoms with E-state index in [1.54, 1.807) is 45.3 Å². The van der Waals surface area contributed by atoms with Gasteiger partial charge < -0.3 is 67.9 Å². The van der Waals surface area contributed by atoms with E-state index < -0.39 is 0 Å². The summed E-state index contributed by atoms with van der Waals surface area (Å²) in [7, 11) is 0. The van der Waals surface area contributed by atoms with Gasteiger partial charge in [-0.25, -0.2) is 19.9 Å². The highest BCUT2D eigenvalue weighted by Crippen LogP contribution is 2.35. The van der Waals surface area contributed by atoms with Crippen molar-refractivity contribution in [3.63, 3.8) is 0 Å². The Morgan fingerprint density at radius 1 is 0.226 bits per heavy atom. The first-order chi connectivity index (χ1) is 38.9. The van der Waals surface area contributed by atoms with Gasteiger partial charge in [-0.05, 0) is 128 Å². The predicted octanol–water partition coefficient (Wildman–Crippen LogP) is 3.83. The molecule has 0 bridgehead atoms. The molecule has 4 heterocycles. The minimum Gasteiger partial charge on any atom is -1.00 e. The molecule has 0 amide bonds. The Labute approximate surface area is 553 Å². The van der Waals surface area contributed by atoms with E-state index in [2.05, 4.69) is 291 Å². The number of aromatic nitrogens is 4. The summed E-state index contributed by atoms with van der Waals surface area (Å²) in [6.07, 6.45) is 0. The Bertz CT molecular complexity index is 3320. The lowest BCUT2D eigenvalue weighted by atomic mass is 10.1. The number of para-hydroxylation sites is 8. The number of nitrogens with two attached hydrogens (primary N) is 4. The van der Waals surface area contributed by atoms with E-state index in [-0.39, 0.29) is 67.9 Å². The van der Waals surface area contributed by atoms with Gasteiger partial charge in [0.2, 0.25) is 0 Å². The second-order valence-electron chi connectivity index (χ2n) is 19.2. The normalized spacial score (nSPS) is 10.2. The van der Waals surface area contributed by atoms with E-state index in [0.29, 0.717) is 0 Å². The van der Waals surface area contributed by atoms with Crippen LogP contribution in [0.2, 0.25) is 0 Å². The summed E-state index contributed by atoms with van der Waals surface area (Å²) < 4.78 is 0. The van der Waals surface area contributed by atoms with Gasteiger partial charge in [0, 0.05) is 43.8 Å². The van der Waals surface area contributed by atoms with Crippen molar-refractivity contribution in [1.29, 1.82) is 0 Å². The average molecular weight is 1450 g/mol. The molecule has 8 N–H and O–H groups in total. The summed E-state index contributed by atoms with van der Waals surface area (Å²) in [5, 5.41) is 13.2. The van der Waals surface area contributed by atoms with Crippen molar-refractivity contribution < 1.29 is 89.2 Å². The lowest BCUT2D eigenvalue weighted by Gasteiger charge is -2.04. The van der Waals surface area contributed by atoms with E-state index in [0.717, 1.165) is 42.8 Å². The molecule has 432 valence electrons. The second kappa shape index (κ2) is 34.3. The van der Waals surface area contributed by atoms with Gasteiger partial charge in [0.25, 0.3) is 0 Å². The molecular formula is C68H68Br4N8S4. The fourth-order valence-corrected chi connectivity index (χ4v) is 12.4. The summed E-state index contributed by atoms with van der Waals surface area (Å²) in [6, 6.07) is 75.4. The highest BCUT2D eigenvalue weighted by molar-refractivity contribution is 7.16. The first kappa shape index (κ1) is 68.8. The molecule has 0 spiro atoms. The smallest absolute Gasteiger partial charge is 0.144 e. The molecule has 0 aliphatic carbocycles. The number of thiazole rings is 4. The highest BCUT2D eigenvalue weighted by Gasteiger charge is 2.18.